The summed E-state index contributed by atoms with van der Waals surface area (Å²) in [5, 5.41) is 9.60. The Morgan fingerprint density at radius 2 is 1.95 bits per heavy atom. The molecule has 0 unspecified atom stereocenters. The first-order chi connectivity index (χ1) is 9.08. The van der Waals surface area contributed by atoms with Crippen molar-refractivity contribution in [3.05, 3.63) is 20.7 Å². The lowest BCUT2D eigenvalue weighted by molar-refractivity contribution is 0.424. The topological polar surface area (TPSA) is 127 Å². The maximum Gasteiger partial charge on any atom is 0.315 e. The van der Waals surface area contributed by atoms with E-state index < -0.39 is 17.0 Å². The minimum Gasteiger partial charge on any atom is -0.489 e. The molecular weight excluding hydrogens is 250 g/mol. The number of aromatic nitrogens is 4. The van der Waals surface area contributed by atoms with Gasteiger partial charge in [0.2, 0.25) is 5.95 Å². The molecule has 1 aliphatic rings. The third-order valence-electron chi connectivity index (χ3n) is 3.44. The first-order valence-corrected chi connectivity index (χ1v) is 6.09. The number of nitrogen functional groups attached to an aromatic ring is 1. The van der Waals surface area contributed by atoms with Gasteiger partial charge in [-0.3, -0.25) is 19.1 Å². The molecule has 2 aromatic rings. The molecule has 8 heteroatoms. The molecule has 2 heterocycles. The van der Waals surface area contributed by atoms with Gasteiger partial charge in [-0.2, -0.15) is 9.97 Å². The molecule has 0 spiro atoms. The van der Waals surface area contributed by atoms with Crippen LogP contribution in [0.25, 0.3) is 11.2 Å². The van der Waals surface area contributed by atoms with Crippen molar-refractivity contribution in [1.82, 2.24) is 19.5 Å². The number of hydrogen-bond donors (Lipinski definition) is 3. The number of nitrogens with zero attached hydrogens (tertiary/aromatic N) is 3. The fourth-order valence-corrected chi connectivity index (χ4v) is 2.60. The number of hydrogen-bond acceptors (Lipinski definition) is 6. The standard InChI is InChI=1S/C11H13N5O3/c12-11-14-7-6(8(17)15-11)13-9(18)10(19)16(7)5-3-1-2-4-5/h5H,1-4H2,(H,13,18)(H3,12,14,15,17). The van der Waals surface area contributed by atoms with Gasteiger partial charge in [-0.05, 0) is 12.8 Å². The summed E-state index contributed by atoms with van der Waals surface area (Å²) in [4.78, 5) is 33.7. The Labute approximate surface area is 106 Å². The van der Waals surface area contributed by atoms with Crippen molar-refractivity contribution in [1.29, 1.82) is 0 Å². The first kappa shape index (κ1) is 11.7. The predicted octanol–water partition coefficient (Wildman–Crippen LogP) is -0.117. The summed E-state index contributed by atoms with van der Waals surface area (Å²) in [5.74, 6) is -0.757. The summed E-state index contributed by atoms with van der Waals surface area (Å²) in [6.07, 6.45) is 3.63. The Morgan fingerprint density at radius 1 is 1.26 bits per heavy atom. The van der Waals surface area contributed by atoms with Crippen molar-refractivity contribution in [3.8, 4) is 5.88 Å². The molecule has 0 radical (unpaired) electrons. The van der Waals surface area contributed by atoms with Gasteiger partial charge in [0, 0.05) is 6.04 Å². The molecular formula is C11H13N5O3. The van der Waals surface area contributed by atoms with E-state index in [0.717, 1.165) is 25.7 Å². The molecule has 1 saturated carbocycles. The van der Waals surface area contributed by atoms with Gasteiger partial charge in [0.15, 0.2) is 11.2 Å². The van der Waals surface area contributed by atoms with E-state index in [1.165, 1.54) is 4.57 Å². The second-order valence-electron chi connectivity index (χ2n) is 4.67. The van der Waals surface area contributed by atoms with Crippen LogP contribution in [-0.2, 0) is 0 Å². The zero-order valence-electron chi connectivity index (χ0n) is 10.1. The number of anilines is 1. The second-order valence-corrected chi connectivity index (χ2v) is 4.67. The van der Waals surface area contributed by atoms with Crippen molar-refractivity contribution in [3.63, 3.8) is 0 Å². The van der Waals surface area contributed by atoms with Crippen molar-refractivity contribution < 1.29 is 5.11 Å². The molecule has 0 bridgehead atoms. The molecule has 4 N–H and O–H groups in total. The molecule has 0 aliphatic heterocycles. The number of rotatable bonds is 1. The molecule has 0 saturated heterocycles. The highest BCUT2D eigenvalue weighted by molar-refractivity contribution is 5.70. The van der Waals surface area contributed by atoms with Gasteiger partial charge in [0.05, 0.1) is 0 Å². The van der Waals surface area contributed by atoms with Crippen LogP contribution in [0.3, 0.4) is 0 Å². The number of aromatic hydroxyl groups is 1. The van der Waals surface area contributed by atoms with Crippen LogP contribution in [0.2, 0.25) is 0 Å². The molecule has 3 rings (SSSR count). The summed E-state index contributed by atoms with van der Waals surface area (Å²) >= 11 is 0. The van der Waals surface area contributed by atoms with Crippen molar-refractivity contribution >= 4 is 17.1 Å². The highest BCUT2D eigenvalue weighted by Gasteiger charge is 2.24. The monoisotopic (exact) mass is 263 g/mol. The van der Waals surface area contributed by atoms with E-state index in [-0.39, 0.29) is 23.2 Å². The summed E-state index contributed by atoms with van der Waals surface area (Å²) < 4.78 is 1.34. The number of nitrogens with two attached hydrogens (primary N) is 1. The van der Waals surface area contributed by atoms with Crippen LogP contribution in [0.1, 0.15) is 31.7 Å². The maximum absolute atomic E-state index is 12.0. The Kier molecular flexibility index (Phi) is 2.51. The average molecular weight is 263 g/mol. The molecule has 2 aromatic heterocycles. The van der Waals surface area contributed by atoms with Crippen LogP contribution in [0.15, 0.2) is 9.59 Å². The van der Waals surface area contributed by atoms with Gasteiger partial charge in [-0.25, -0.2) is 0 Å². The molecule has 0 amide bonds. The van der Waals surface area contributed by atoms with Crippen LogP contribution in [-0.4, -0.2) is 24.6 Å². The van der Waals surface area contributed by atoms with Crippen LogP contribution >= 0.6 is 0 Å². The van der Waals surface area contributed by atoms with Gasteiger partial charge in [0.1, 0.15) is 0 Å². The van der Waals surface area contributed by atoms with E-state index in [9.17, 15) is 14.7 Å². The van der Waals surface area contributed by atoms with Gasteiger partial charge in [-0.15, -0.1) is 0 Å². The molecule has 100 valence electrons. The fourth-order valence-electron chi connectivity index (χ4n) is 2.60. The first-order valence-electron chi connectivity index (χ1n) is 6.09. The SMILES string of the molecule is Nc1nc2c(nc(O)c(=O)n2C2CCCC2)c(=O)[nH]1. The van der Waals surface area contributed by atoms with Crippen molar-refractivity contribution in [2.24, 2.45) is 0 Å². The predicted molar refractivity (Wildman–Crippen MR) is 68.0 cm³/mol. The molecule has 0 aromatic carbocycles. The number of nitrogens with one attached hydrogen (secondary N) is 1. The van der Waals surface area contributed by atoms with E-state index >= 15 is 0 Å². The normalized spacial score (nSPS) is 16.2. The highest BCUT2D eigenvalue weighted by Crippen LogP contribution is 2.30. The molecule has 19 heavy (non-hydrogen) atoms. The average Bonchev–Trinajstić information content (AvgIpc) is 2.85. The van der Waals surface area contributed by atoms with Crippen molar-refractivity contribution in [2.45, 2.75) is 31.7 Å². The lowest BCUT2D eigenvalue weighted by atomic mass is 10.2. The highest BCUT2D eigenvalue weighted by atomic mass is 16.3. The zero-order valence-corrected chi connectivity index (χ0v) is 10.1. The lowest BCUT2D eigenvalue weighted by Crippen LogP contribution is -2.28. The molecule has 8 nitrogen and oxygen atoms in total. The van der Waals surface area contributed by atoms with Crippen LogP contribution < -0.4 is 16.9 Å². The smallest absolute Gasteiger partial charge is 0.315 e. The van der Waals surface area contributed by atoms with E-state index in [2.05, 4.69) is 15.0 Å². The van der Waals surface area contributed by atoms with E-state index in [0.29, 0.717) is 0 Å². The number of H-pyrrole nitrogens is 1. The van der Waals surface area contributed by atoms with Gasteiger partial charge in [-0.1, -0.05) is 12.8 Å². The molecule has 1 fully saturated rings. The fraction of sp³-hybridized carbons (Fsp3) is 0.455. The Hall–Kier alpha value is -2.38. The summed E-state index contributed by atoms with van der Waals surface area (Å²) in [7, 11) is 0. The van der Waals surface area contributed by atoms with Crippen molar-refractivity contribution in [2.75, 3.05) is 5.73 Å². The Balaban J connectivity index is 2.43. The lowest BCUT2D eigenvalue weighted by Gasteiger charge is -2.15. The van der Waals surface area contributed by atoms with Crippen LogP contribution in [0.5, 0.6) is 5.88 Å². The van der Waals surface area contributed by atoms with Crippen LogP contribution in [0, 0.1) is 0 Å². The van der Waals surface area contributed by atoms with E-state index in [1.807, 2.05) is 0 Å². The van der Waals surface area contributed by atoms with E-state index in [1.54, 1.807) is 0 Å². The molecule has 0 atom stereocenters. The zero-order chi connectivity index (χ0) is 13.6. The third kappa shape index (κ3) is 1.76. The minimum absolute atomic E-state index is 0.0711. The third-order valence-corrected chi connectivity index (χ3v) is 3.44. The van der Waals surface area contributed by atoms with Gasteiger partial charge >= 0.3 is 5.56 Å². The van der Waals surface area contributed by atoms with Gasteiger partial charge in [0.25, 0.3) is 11.4 Å². The van der Waals surface area contributed by atoms with E-state index in [4.69, 9.17) is 5.73 Å². The second kappa shape index (κ2) is 4.08. The minimum atomic E-state index is -0.684. The number of aromatic amines is 1. The summed E-state index contributed by atoms with van der Waals surface area (Å²) in [6.45, 7) is 0. The quantitative estimate of drug-likeness (QED) is 0.658. The van der Waals surface area contributed by atoms with Crippen LogP contribution in [0.4, 0.5) is 5.95 Å². The Morgan fingerprint density at radius 3 is 2.63 bits per heavy atom. The largest absolute Gasteiger partial charge is 0.489 e. The summed E-state index contributed by atoms with van der Waals surface area (Å²) in [5.41, 5.74) is 4.38. The Bertz CT molecular complexity index is 757. The number of fused-ring (bicyclic) bond motifs is 1. The molecule has 1 aliphatic carbocycles. The maximum atomic E-state index is 12.0. The van der Waals surface area contributed by atoms with Gasteiger partial charge < -0.3 is 10.8 Å². The summed E-state index contributed by atoms with van der Waals surface area (Å²) in [6, 6.07) is -0.0717.